The molecule has 2 aromatic carbocycles. The summed E-state index contributed by atoms with van der Waals surface area (Å²) in [4.78, 5) is 11.7. The largest absolute Gasteiger partial charge is 0.494 e. The fourth-order valence-corrected chi connectivity index (χ4v) is 3.53. The van der Waals surface area contributed by atoms with E-state index in [1.54, 1.807) is 11.6 Å². The van der Waals surface area contributed by atoms with Gasteiger partial charge in [-0.2, -0.15) is 0 Å². The van der Waals surface area contributed by atoms with Crippen molar-refractivity contribution in [2.24, 2.45) is 7.05 Å². The van der Waals surface area contributed by atoms with Crippen LogP contribution in [0.5, 0.6) is 5.75 Å². The van der Waals surface area contributed by atoms with E-state index in [4.69, 9.17) is 16.3 Å². The Morgan fingerprint density at radius 2 is 1.85 bits per heavy atom. The minimum Gasteiger partial charge on any atom is -0.494 e. The van der Waals surface area contributed by atoms with Gasteiger partial charge in [0, 0.05) is 23.0 Å². The SMILES string of the molecule is Cc1cc(OCCCc2c(C(=O)O)n(C)c3ccccc23)cc(C)c1Cl. The van der Waals surface area contributed by atoms with Crippen molar-refractivity contribution < 1.29 is 14.6 Å². The quantitative estimate of drug-likeness (QED) is 0.609. The number of hydrogen-bond donors (Lipinski definition) is 1. The molecule has 0 saturated carbocycles. The molecule has 26 heavy (non-hydrogen) atoms. The van der Waals surface area contributed by atoms with Gasteiger partial charge in [0.15, 0.2) is 0 Å². The van der Waals surface area contributed by atoms with Gasteiger partial charge in [-0.25, -0.2) is 4.79 Å². The van der Waals surface area contributed by atoms with E-state index in [-0.39, 0.29) is 0 Å². The summed E-state index contributed by atoms with van der Waals surface area (Å²) in [5.74, 6) is -0.107. The predicted octanol–water partition coefficient (Wildman–Crippen LogP) is 5.16. The van der Waals surface area contributed by atoms with Crippen LogP contribution in [-0.2, 0) is 13.5 Å². The van der Waals surface area contributed by atoms with Gasteiger partial charge in [0.05, 0.1) is 6.61 Å². The highest BCUT2D eigenvalue weighted by atomic mass is 35.5. The van der Waals surface area contributed by atoms with Crippen molar-refractivity contribution >= 4 is 28.5 Å². The minimum atomic E-state index is -0.899. The highest BCUT2D eigenvalue weighted by Gasteiger charge is 2.19. The molecular formula is C21H22ClNO3. The Hall–Kier alpha value is -2.46. The molecule has 0 amide bonds. The Morgan fingerprint density at radius 3 is 2.50 bits per heavy atom. The molecule has 0 aliphatic carbocycles. The molecule has 0 unspecified atom stereocenters. The van der Waals surface area contributed by atoms with Crippen LogP contribution in [0.15, 0.2) is 36.4 Å². The summed E-state index contributed by atoms with van der Waals surface area (Å²) >= 11 is 6.18. The third-order valence-corrected chi connectivity index (χ3v) is 5.26. The van der Waals surface area contributed by atoms with Crippen molar-refractivity contribution in [3.63, 3.8) is 0 Å². The van der Waals surface area contributed by atoms with E-state index in [2.05, 4.69) is 0 Å². The van der Waals surface area contributed by atoms with Gasteiger partial charge < -0.3 is 14.4 Å². The van der Waals surface area contributed by atoms with E-state index < -0.39 is 5.97 Å². The van der Waals surface area contributed by atoms with E-state index in [0.717, 1.165) is 44.8 Å². The van der Waals surface area contributed by atoms with Crippen molar-refractivity contribution in [1.82, 2.24) is 4.57 Å². The maximum absolute atomic E-state index is 11.7. The first-order chi connectivity index (χ1) is 12.4. The number of fused-ring (bicyclic) bond motifs is 1. The number of ether oxygens (including phenoxy) is 1. The zero-order chi connectivity index (χ0) is 18.8. The first kappa shape index (κ1) is 18.3. The average molecular weight is 372 g/mol. The first-order valence-electron chi connectivity index (χ1n) is 8.59. The number of carboxylic acids is 1. The molecule has 0 bridgehead atoms. The minimum absolute atomic E-state index is 0.351. The number of aromatic nitrogens is 1. The predicted molar refractivity (Wildman–Crippen MR) is 105 cm³/mol. The normalized spacial score (nSPS) is 11.1. The molecule has 0 fully saturated rings. The maximum atomic E-state index is 11.7. The van der Waals surface area contributed by atoms with E-state index in [0.29, 0.717) is 18.7 Å². The third kappa shape index (κ3) is 3.42. The number of rotatable bonds is 6. The average Bonchev–Trinajstić information content (AvgIpc) is 2.89. The highest BCUT2D eigenvalue weighted by molar-refractivity contribution is 6.32. The number of nitrogens with zero attached hydrogens (tertiary/aromatic N) is 1. The summed E-state index contributed by atoms with van der Waals surface area (Å²) in [6.45, 7) is 4.43. The van der Waals surface area contributed by atoms with Gasteiger partial charge >= 0.3 is 5.97 Å². The Kier molecular flexibility index (Phi) is 5.23. The molecule has 136 valence electrons. The molecule has 0 saturated heterocycles. The second-order valence-electron chi connectivity index (χ2n) is 6.53. The number of benzene rings is 2. The van der Waals surface area contributed by atoms with Crippen molar-refractivity contribution in [3.8, 4) is 5.75 Å². The molecular weight excluding hydrogens is 350 g/mol. The Balaban J connectivity index is 1.74. The Morgan fingerprint density at radius 1 is 1.19 bits per heavy atom. The molecule has 4 nitrogen and oxygen atoms in total. The summed E-state index contributed by atoms with van der Waals surface area (Å²) < 4.78 is 7.60. The van der Waals surface area contributed by atoms with Crippen LogP contribution in [0.1, 0.15) is 33.6 Å². The summed E-state index contributed by atoms with van der Waals surface area (Å²) in [6.07, 6.45) is 1.38. The number of para-hydroxylation sites is 1. The molecule has 0 atom stereocenters. The van der Waals surface area contributed by atoms with Crippen molar-refractivity contribution in [2.45, 2.75) is 26.7 Å². The molecule has 0 spiro atoms. The lowest BCUT2D eigenvalue weighted by Crippen LogP contribution is -2.08. The monoisotopic (exact) mass is 371 g/mol. The zero-order valence-electron chi connectivity index (χ0n) is 15.2. The molecule has 3 rings (SSSR count). The summed E-state index contributed by atoms with van der Waals surface area (Å²) in [5.41, 5.74) is 4.13. The number of aromatic carboxylic acids is 1. The second kappa shape index (κ2) is 7.42. The summed E-state index contributed by atoms with van der Waals surface area (Å²) in [6, 6.07) is 11.6. The van der Waals surface area contributed by atoms with E-state index in [1.165, 1.54) is 0 Å². The number of carboxylic acid groups (broad SMARTS) is 1. The molecule has 1 N–H and O–H groups in total. The van der Waals surface area contributed by atoms with Crippen LogP contribution in [0.25, 0.3) is 10.9 Å². The van der Waals surface area contributed by atoms with Crippen LogP contribution in [0.3, 0.4) is 0 Å². The van der Waals surface area contributed by atoms with Gasteiger partial charge in [0.2, 0.25) is 0 Å². The van der Waals surface area contributed by atoms with Crippen LogP contribution < -0.4 is 4.74 Å². The van der Waals surface area contributed by atoms with E-state index in [9.17, 15) is 9.90 Å². The molecule has 0 aliphatic heterocycles. The van der Waals surface area contributed by atoms with E-state index >= 15 is 0 Å². The van der Waals surface area contributed by atoms with Crippen LogP contribution in [0.2, 0.25) is 5.02 Å². The van der Waals surface area contributed by atoms with Gasteiger partial charge in [0.25, 0.3) is 0 Å². The standard InChI is InChI=1S/C21H22ClNO3/c1-13-11-15(12-14(2)19(13)22)26-10-6-8-17-16-7-4-5-9-18(16)23(3)20(17)21(24)25/h4-5,7,9,11-12H,6,8,10H2,1-3H3,(H,24,25). The summed E-state index contributed by atoms with van der Waals surface area (Å²) in [7, 11) is 1.80. The summed E-state index contributed by atoms with van der Waals surface area (Å²) in [5, 5.41) is 11.4. The van der Waals surface area contributed by atoms with Gasteiger partial charge in [-0.15, -0.1) is 0 Å². The Bertz CT molecular complexity index is 952. The molecule has 0 radical (unpaired) electrons. The third-order valence-electron chi connectivity index (χ3n) is 4.66. The lowest BCUT2D eigenvalue weighted by Gasteiger charge is -2.10. The smallest absolute Gasteiger partial charge is 0.352 e. The highest BCUT2D eigenvalue weighted by Crippen LogP contribution is 2.28. The van der Waals surface area contributed by atoms with Gasteiger partial charge in [-0.05, 0) is 61.6 Å². The Labute approximate surface area is 158 Å². The first-order valence-corrected chi connectivity index (χ1v) is 8.97. The van der Waals surface area contributed by atoms with Gasteiger partial charge in [-0.3, -0.25) is 0 Å². The van der Waals surface area contributed by atoms with Crippen LogP contribution in [0.4, 0.5) is 0 Å². The number of carbonyl (C=O) groups is 1. The van der Waals surface area contributed by atoms with Crippen LogP contribution in [-0.4, -0.2) is 22.2 Å². The molecule has 5 heteroatoms. The molecule has 1 aromatic heterocycles. The topological polar surface area (TPSA) is 51.5 Å². The number of halogens is 1. The van der Waals surface area contributed by atoms with Crippen LogP contribution in [0, 0.1) is 13.8 Å². The fourth-order valence-electron chi connectivity index (χ4n) is 3.43. The lowest BCUT2D eigenvalue weighted by molar-refractivity contribution is 0.0685. The molecule has 3 aromatic rings. The number of hydrogen-bond acceptors (Lipinski definition) is 2. The van der Waals surface area contributed by atoms with Gasteiger partial charge in [-0.1, -0.05) is 29.8 Å². The number of aryl methyl sites for hydroxylation is 4. The van der Waals surface area contributed by atoms with Gasteiger partial charge in [0.1, 0.15) is 11.4 Å². The second-order valence-corrected chi connectivity index (χ2v) is 6.91. The van der Waals surface area contributed by atoms with Crippen molar-refractivity contribution in [1.29, 1.82) is 0 Å². The van der Waals surface area contributed by atoms with Crippen molar-refractivity contribution in [3.05, 3.63) is 63.8 Å². The molecule has 1 heterocycles. The molecule has 0 aliphatic rings. The van der Waals surface area contributed by atoms with Crippen LogP contribution >= 0.6 is 11.6 Å². The van der Waals surface area contributed by atoms with Crippen molar-refractivity contribution in [2.75, 3.05) is 6.61 Å². The maximum Gasteiger partial charge on any atom is 0.352 e. The zero-order valence-corrected chi connectivity index (χ0v) is 15.9. The lowest BCUT2D eigenvalue weighted by atomic mass is 10.1. The fraction of sp³-hybridized carbons (Fsp3) is 0.286. The van der Waals surface area contributed by atoms with E-state index in [1.807, 2.05) is 50.2 Å².